The van der Waals surface area contributed by atoms with Crippen molar-refractivity contribution in [3.63, 3.8) is 0 Å². The Bertz CT molecular complexity index is 1260. The number of hydrogen-bond donors (Lipinski definition) is 2. The van der Waals surface area contributed by atoms with Crippen molar-refractivity contribution in [3.8, 4) is 17.2 Å². The minimum Gasteiger partial charge on any atom is -0.494 e. The molecule has 1 aliphatic heterocycles. The second kappa shape index (κ2) is 8.93. The molecular weight excluding hydrogens is 455 g/mol. The van der Waals surface area contributed by atoms with Crippen molar-refractivity contribution >= 4 is 22.7 Å². The Morgan fingerprint density at radius 3 is 2.68 bits per heavy atom. The molecule has 180 valence electrons. The number of carbonyl (C=O) groups is 2. The number of amides is 2. The highest BCUT2D eigenvalue weighted by molar-refractivity contribution is 5.98. The molecule has 1 unspecified atom stereocenters. The molecule has 0 aliphatic carbocycles. The SMILES string of the molecule is COc1ccc(-c2nc(C(=O)N3CCC(NC(C)=O)C3)c(CN)o2)c2ccc(C(F)(F)F)nc12. The van der Waals surface area contributed by atoms with Crippen LogP contribution in [0.3, 0.4) is 0 Å². The van der Waals surface area contributed by atoms with Crippen LogP contribution in [0.5, 0.6) is 5.75 Å². The summed E-state index contributed by atoms with van der Waals surface area (Å²) < 4.78 is 50.5. The number of oxazole rings is 1. The molecule has 34 heavy (non-hydrogen) atoms. The Labute approximate surface area is 192 Å². The lowest BCUT2D eigenvalue weighted by molar-refractivity contribution is -0.141. The molecule has 1 aromatic carbocycles. The predicted molar refractivity (Wildman–Crippen MR) is 115 cm³/mol. The van der Waals surface area contributed by atoms with Crippen LogP contribution in [-0.4, -0.2) is 52.9 Å². The summed E-state index contributed by atoms with van der Waals surface area (Å²) in [5, 5.41) is 3.09. The van der Waals surface area contributed by atoms with Gasteiger partial charge in [0.25, 0.3) is 5.91 Å². The molecule has 3 heterocycles. The Morgan fingerprint density at radius 2 is 2.03 bits per heavy atom. The molecule has 0 bridgehead atoms. The standard InChI is InChI=1S/C22H22F3N5O4/c1-11(31)27-12-7-8-30(10-12)21(32)19-16(9-26)34-20(29-19)14-3-5-15(33-2)18-13(14)4-6-17(28-18)22(23,24)25/h3-6,12H,7-10,26H2,1-2H3,(H,27,31). The van der Waals surface area contributed by atoms with Crippen LogP contribution in [0.4, 0.5) is 13.2 Å². The molecular formula is C22H22F3N5O4. The Morgan fingerprint density at radius 1 is 1.26 bits per heavy atom. The van der Waals surface area contributed by atoms with Crippen LogP contribution in [0.1, 0.15) is 35.3 Å². The second-order valence-corrected chi connectivity index (χ2v) is 7.84. The minimum atomic E-state index is -4.63. The number of benzene rings is 1. The number of ether oxygens (including phenoxy) is 1. The number of aromatic nitrogens is 2. The first-order valence-electron chi connectivity index (χ1n) is 10.4. The third kappa shape index (κ3) is 4.40. The molecule has 4 rings (SSSR count). The number of pyridine rings is 1. The summed E-state index contributed by atoms with van der Waals surface area (Å²) in [6, 6.07) is 4.98. The van der Waals surface area contributed by atoms with Crippen LogP contribution in [0.25, 0.3) is 22.4 Å². The molecule has 1 saturated heterocycles. The van der Waals surface area contributed by atoms with Crippen LogP contribution in [0.2, 0.25) is 0 Å². The smallest absolute Gasteiger partial charge is 0.433 e. The number of hydrogen-bond acceptors (Lipinski definition) is 7. The lowest BCUT2D eigenvalue weighted by Crippen LogP contribution is -2.37. The lowest BCUT2D eigenvalue weighted by Gasteiger charge is -2.15. The number of carbonyl (C=O) groups excluding carboxylic acids is 2. The van der Waals surface area contributed by atoms with Gasteiger partial charge in [-0.25, -0.2) is 9.97 Å². The van der Waals surface area contributed by atoms with Crippen LogP contribution < -0.4 is 15.8 Å². The van der Waals surface area contributed by atoms with E-state index < -0.39 is 17.8 Å². The number of nitrogens with zero attached hydrogens (tertiary/aromatic N) is 3. The summed E-state index contributed by atoms with van der Waals surface area (Å²) in [4.78, 5) is 34.0. The van der Waals surface area contributed by atoms with E-state index in [-0.39, 0.29) is 47.1 Å². The van der Waals surface area contributed by atoms with Gasteiger partial charge in [0.1, 0.15) is 17.0 Å². The number of alkyl halides is 3. The maximum absolute atomic E-state index is 13.2. The van der Waals surface area contributed by atoms with Gasteiger partial charge in [0.2, 0.25) is 11.8 Å². The van der Waals surface area contributed by atoms with E-state index in [1.165, 1.54) is 26.2 Å². The van der Waals surface area contributed by atoms with Crippen molar-refractivity contribution in [2.24, 2.45) is 5.73 Å². The van der Waals surface area contributed by atoms with E-state index in [1.807, 2.05) is 0 Å². The van der Waals surface area contributed by atoms with E-state index in [2.05, 4.69) is 15.3 Å². The summed E-state index contributed by atoms with van der Waals surface area (Å²) in [6.07, 6.45) is -4.03. The highest BCUT2D eigenvalue weighted by Crippen LogP contribution is 2.37. The Balaban J connectivity index is 1.73. The van der Waals surface area contributed by atoms with Crippen LogP contribution in [0, 0.1) is 0 Å². The van der Waals surface area contributed by atoms with Crippen molar-refractivity contribution < 1.29 is 31.9 Å². The highest BCUT2D eigenvalue weighted by Gasteiger charge is 2.34. The largest absolute Gasteiger partial charge is 0.494 e. The molecule has 0 saturated carbocycles. The maximum atomic E-state index is 13.2. The van der Waals surface area contributed by atoms with Gasteiger partial charge in [0.05, 0.1) is 13.7 Å². The van der Waals surface area contributed by atoms with Crippen molar-refractivity contribution in [2.45, 2.75) is 32.1 Å². The Hall–Kier alpha value is -3.67. The molecule has 3 aromatic rings. The first-order valence-corrected chi connectivity index (χ1v) is 10.4. The number of likely N-dealkylation sites (tertiary alicyclic amines) is 1. The van der Waals surface area contributed by atoms with Gasteiger partial charge in [-0.1, -0.05) is 0 Å². The van der Waals surface area contributed by atoms with Gasteiger partial charge in [-0.15, -0.1) is 0 Å². The minimum absolute atomic E-state index is 0.0183. The van der Waals surface area contributed by atoms with E-state index in [0.29, 0.717) is 30.5 Å². The maximum Gasteiger partial charge on any atom is 0.433 e. The molecule has 2 aromatic heterocycles. The highest BCUT2D eigenvalue weighted by atomic mass is 19.4. The number of nitrogens with two attached hydrogens (primary N) is 1. The average Bonchev–Trinajstić information content (AvgIpc) is 3.43. The fourth-order valence-electron chi connectivity index (χ4n) is 3.97. The van der Waals surface area contributed by atoms with Gasteiger partial charge in [-0.3, -0.25) is 9.59 Å². The average molecular weight is 477 g/mol. The number of rotatable bonds is 5. The van der Waals surface area contributed by atoms with Crippen molar-refractivity contribution in [2.75, 3.05) is 20.2 Å². The van der Waals surface area contributed by atoms with Crippen molar-refractivity contribution in [1.29, 1.82) is 0 Å². The molecule has 0 radical (unpaired) electrons. The summed E-state index contributed by atoms with van der Waals surface area (Å²) in [6.45, 7) is 2.04. The van der Waals surface area contributed by atoms with Crippen molar-refractivity contribution in [1.82, 2.24) is 20.2 Å². The van der Waals surface area contributed by atoms with Crippen LogP contribution >= 0.6 is 0 Å². The first kappa shape index (κ1) is 23.5. The number of halogens is 3. The quantitative estimate of drug-likeness (QED) is 0.579. The summed E-state index contributed by atoms with van der Waals surface area (Å²) in [5.74, 6) is -0.270. The number of methoxy groups -OCH3 is 1. The first-order chi connectivity index (χ1) is 16.1. The summed E-state index contributed by atoms with van der Waals surface area (Å²) in [5.41, 5.74) is 5.05. The van der Waals surface area contributed by atoms with E-state index >= 15 is 0 Å². The van der Waals surface area contributed by atoms with Crippen molar-refractivity contribution in [3.05, 3.63) is 41.4 Å². The normalized spacial score (nSPS) is 16.2. The van der Waals surface area contributed by atoms with Gasteiger partial charge in [-0.05, 0) is 30.7 Å². The monoisotopic (exact) mass is 477 g/mol. The zero-order valence-electron chi connectivity index (χ0n) is 18.4. The van der Waals surface area contributed by atoms with Gasteiger partial charge >= 0.3 is 6.18 Å². The lowest BCUT2D eigenvalue weighted by atomic mass is 10.1. The Kier molecular flexibility index (Phi) is 6.17. The summed E-state index contributed by atoms with van der Waals surface area (Å²) >= 11 is 0. The van der Waals surface area contributed by atoms with E-state index in [9.17, 15) is 22.8 Å². The molecule has 12 heteroatoms. The van der Waals surface area contributed by atoms with Gasteiger partial charge in [0.15, 0.2) is 11.5 Å². The van der Waals surface area contributed by atoms with E-state index in [0.717, 1.165) is 6.07 Å². The molecule has 1 aliphatic rings. The van der Waals surface area contributed by atoms with Crippen LogP contribution in [0.15, 0.2) is 28.7 Å². The molecule has 1 fully saturated rings. The van der Waals surface area contributed by atoms with Crippen LogP contribution in [-0.2, 0) is 17.5 Å². The van der Waals surface area contributed by atoms with E-state index in [1.54, 1.807) is 11.0 Å². The van der Waals surface area contributed by atoms with Gasteiger partial charge < -0.3 is 25.1 Å². The molecule has 0 spiro atoms. The second-order valence-electron chi connectivity index (χ2n) is 7.84. The number of nitrogens with one attached hydrogen (secondary N) is 1. The predicted octanol–water partition coefficient (Wildman–Crippen LogP) is 2.73. The zero-order chi connectivity index (χ0) is 24.6. The van der Waals surface area contributed by atoms with Gasteiger partial charge in [0, 0.05) is 37.0 Å². The van der Waals surface area contributed by atoms with Gasteiger partial charge in [-0.2, -0.15) is 13.2 Å². The zero-order valence-corrected chi connectivity index (χ0v) is 18.4. The third-order valence-electron chi connectivity index (χ3n) is 5.53. The molecule has 3 N–H and O–H groups in total. The topological polar surface area (TPSA) is 124 Å². The molecule has 2 amide bonds. The van der Waals surface area contributed by atoms with E-state index in [4.69, 9.17) is 14.9 Å². The fraction of sp³-hybridized carbons (Fsp3) is 0.364. The summed E-state index contributed by atoms with van der Waals surface area (Å²) in [7, 11) is 1.33. The third-order valence-corrected chi connectivity index (χ3v) is 5.53. The molecule has 1 atom stereocenters. The molecule has 9 nitrogen and oxygen atoms in total. The number of fused-ring (bicyclic) bond motifs is 1. The fourth-order valence-corrected chi connectivity index (χ4v) is 3.97.